The van der Waals surface area contributed by atoms with Crippen molar-refractivity contribution in [1.29, 1.82) is 0 Å². The third kappa shape index (κ3) is 4.44. The predicted octanol–water partition coefficient (Wildman–Crippen LogP) is 1.97. The number of nitrogens with zero attached hydrogens (tertiary/aromatic N) is 2. The van der Waals surface area contributed by atoms with Crippen LogP contribution in [0, 0.1) is 5.92 Å². The number of aromatic nitrogens is 1. The molecule has 0 bridgehead atoms. The van der Waals surface area contributed by atoms with Crippen LogP contribution in [0.1, 0.15) is 24.0 Å². The van der Waals surface area contributed by atoms with Crippen molar-refractivity contribution >= 4 is 5.91 Å². The average Bonchev–Trinajstić information content (AvgIpc) is 3.03. The fraction of sp³-hybridized carbons (Fsp3) is 0.400. The van der Waals surface area contributed by atoms with Crippen molar-refractivity contribution in [2.75, 3.05) is 7.05 Å². The van der Waals surface area contributed by atoms with Gasteiger partial charge in [0, 0.05) is 31.5 Å². The van der Waals surface area contributed by atoms with Gasteiger partial charge in [0.15, 0.2) is 0 Å². The van der Waals surface area contributed by atoms with Crippen LogP contribution >= 0.6 is 0 Å². The molecule has 0 aliphatic heterocycles. The lowest BCUT2D eigenvalue weighted by molar-refractivity contribution is -0.128. The highest BCUT2D eigenvalue weighted by Crippen LogP contribution is 2.30. The third-order valence-corrected chi connectivity index (χ3v) is 4.95. The summed E-state index contributed by atoms with van der Waals surface area (Å²) in [5.74, 6) is -0.424. The van der Waals surface area contributed by atoms with Crippen molar-refractivity contribution in [3.05, 3.63) is 66.0 Å². The summed E-state index contributed by atoms with van der Waals surface area (Å²) in [6.45, 7) is 1.22. The summed E-state index contributed by atoms with van der Waals surface area (Å²) in [6, 6.07) is 14.0. The molecule has 2 N–H and O–H groups in total. The summed E-state index contributed by atoms with van der Waals surface area (Å²) in [4.78, 5) is 18.6. The predicted molar refractivity (Wildman–Crippen MR) is 96.5 cm³/mol. The Kier molecular flexibility index (Phi) is 5.79. The highest BCUT2D eigenvalue weighted by molar-refractivity contribution is 5.79. The van der Waals surface area contributed by atoms with Crippen molar-refractivity contribution in [3.63, 3.8) is 0 Å². The maximum atomic E-state index is 12.4. The molecule has 1 aromatic carbocycles. The molecule has 3 rings (SSSR count). The summed E-state index contributed by atoms with van der Waals surface area (Å²) in [6.07, 6.45) is 4.35. The molecular formula is C20H25N3O2. The van der Waals surface area contributed by atoms with Crippen molar-refractivity contribution in [2.45, 2.75) is 38.1 Å². The molecule has 1 saturated carbocycles. The number of benzene rings is 1. The Labute approximate surface area is 148 Å². The molecule has 2 aromatic rings. The number of likely N-dealkylation sites (N-methyl/N-ethyl adjacent to an activating group) is 1. The maximum Gasteiger partial charge on any atom is 0.226 e. The van der Waals surface area contributed by atoms with E-state index in [1.165, 1.54) is 5.56 Å². The quantitative estimate of drug-likeness (QED) is 0.844. The number of rotatable bonds is 6. The molecule has 1 aliphatic rings. The summed E-state index contributed by atoms with van der Waals surface area (Å²) in [5, 5.41) is 13.6. The number of hydrogen-bond donors (Lipinski definition) is 2. The Morgan fingerprint density at radius 1 is 1.20 bits per heavy atom. The van der Waals surface area contributed by atoms with E-state index >= 15 is 0 Å². The number of hydrogen-bond acceptors (Lipinski definition) is 4. The third-order valence-electron chi connectivity index (χ3n) is 4.95. The second kappa shape index (κ2) is 8.23. The zero-order valence-electron chi connectivity index (χ0n) is 14.5. The highest BCUT2D eigenvalue weighted by Gasteiger charge is 2.40. The number of carbonyl (C=O) groups is 1. The number of aliphatic hydroxyl groups excluding tert-OH is 1. The van der Waals surface area contributed by atoms with Crippen LogP contribution in [0.4, 0.5) is 0 Å². The molecular weight excluding hydrogens is 314 g/mol. The van der Waals surface area contributed by atoms with Crippen LogP contribution in [0.2, 0.25) is 0 Å². The van der Waals surface area contributed by atoms with Gasteiger partial charge in [0.25, 0.3) is 0 Å². The Balaban J connectivity index is 1.53. The maximum absolute atomic E-state index is 12.4. The first-order valence-electron chi connectivity index (χ1n) is 8.74. The molecule has 0 radical (unpaired) electrons. The Hall–Kier alpha value is -2.24. The minimum absolute atomic E-state index is 0.00866. The van der Waals surface area contributed by atoms with Crippen molar-refractivity contribution in [2.24, 2.45) is 5.92 Å². The summed E-state index contributed by atoms with van der Waals surface area (Å²) in [7, 11) is 2.01. The minimum atomic E-state index is -0.636. The van der Waals surface area contributed by atoms with Gasteiger partial charge in [-0.3, -0.25) is 14.7 Å². The first-order chi connectivity index (χ1) is 12.1. The van der Waals surface area contributed by atoms with E-state index in [-0.39, 0.29) is 17.9 Å². The van der Waals surface area contributed by atoms with Crippen LogP contribution in [0.15, 0.2) is 54.9 Å². The van der Waals surface area contributed by atoms with Crippen LogP contribution in [0.3, 0.4) is 0 Å². The molecule has 25 heavy (non-hydrogen) atoms. The SMILES string of the molecule is CN(Cc1ccccc1)[C@@H]1CC[C@@H](C(=O)NCc2cccnc2)[C@@H]1O. The lowest BCUT2D eigenvalue weighted by atomic mass is 10.0. The molecule has 5 heteroatoms. The van der Waals surface area contributed by atoms with Crippen LogP contribution in [0.25, 0.3) is 0 Å². The minimum Gasteiger partial charge on any atom is -0.391 e. The van der Waals surface area contributed by atoms with Crippen LogP contribution in [0.5, 0.6) is 0 Å². The van der Waals surface area contributed by atoms with Gasteiger partial charge in [0.05, 0.1) is 12.0 Å². The zero-order chi connectivity index (χ0) is 17.6. The standard InChI is InChI=1S/C20H25N3O2/c1-23(14-15-6-3-2-4-7-15)18-10-9-17(19(18)24)20(25)22-13-16-8-5-11-21-12-16/h2-8,11-12,17-19,24H,9-10,13-14H2,1H3,(H,22,25)/t17-,18-,19+/m1/s1. The molecule has 3 atom stereocenters. The van der Waals surface area contributed by atoms with E-state index in [0.29, 0.717) is 13.0 Å². The van der Waals surface area contributed by atoms with Crippen LogP contribution < -0.4 is 5.32 Å². The molecule has 132 valence electrons. The van der Waals surface area contributed by atoms with Crippen molar-refractivity contribution in [3.8, 4) is 0 Å². The van der Waals surface area contributed by atoms with Crippen molar-refractivity contribution < 1.29 is 9.90 Å². The van der Waals surface area contributed by atoms with Gasteiger partial charge in [-0.2, -0.15) is 0 Å². The second-order valence-corrected chi connectivity index (χ2v) is 6.72. The first-order valence-corrected chi connectivity index (χ1v) is 8.74. The lowest BCUT2D eigenvalue weighted by Gasteiger charge is -2.28. The van der Waals surface area contributed by atoms with Crippen molar-refractivity contribution in [1.82, 2.24) is 15.2 Å². The number of pyridine rings is 1. The molecule has 1 heterocycles. The largest absolute Gasteiger partial charge is 0.391 e. The molecule has 1 aliphatic carbocycles. The Morgan fingerprint density at radius 2 is 1.96 bits per heavy atom. The lowest BCUT2D eigenvalue weighted by Crippen LogP contribution is -2.43. The van der Waals surface area contributed by atoms with Gasteiger partial charge in [0.2, 0.25) is 5.91 Å². The molecule has 1 amide bonds. The van der Waals surface area contributed by atoms with E-state index in [4.69, 9.17) is 0 Å². The number of carbonyl (C=O) groups excluding carboxylic acids is 1. The summed E-state index contributed by atoms with van der Waals surface area (Å²) >= 11 is 0. The molecule has 0 saturated heterocycles. The zero-order valence-corrected chi connectivity index (χ0v) is 14.5. The van der Waals surface area contributed by atoms with Gasteiger partial charge < -0.3 is 10.4 Å². The van der Waals surface area contributed by atoms with Gasteiger partial charge in [0.1, 0.15) is 0 Å². The average molecular weight is 339 g/mol. The van der Waals surface area contributed by atoms with E-state index in [1.807, 2.05) is 37.4 Å². The summed E-state index contributed by atoms with van der Waals surface area (Å²) in [5.41, 5.74) is 2.17. The van der Waals surface area contributed by atoms with E-state index in [2.05, 4.69) is 27.3 Å². The molecule has 0 unspecified atom stereocenters. The van der Waals surface area contributed by atoms with Gasteiger partial charge in [-0.05, 0) is 37.1 Å². The monoisotopic (exact) mass is 339 g/mol. The molecule has 0 spiro atoms. The fourth-order valence-corrected chi connectivity index (χ4v) is 3.54. The van der Waals surface area contributed by atoms with E-state index in [1.54, 1.807) is 12.4 Å². The molecule has 1 fully saturated rings. The second-order valence-electron chi connectivity index (χ2n) is 6.72. The number of amides is 1. The van der Waals surface area contributed by atoms with Gasteiger partial charge >= 0.3 is 0 Å². The highest BCUT2D eigenvalue weighted by atomic mass is 16.3. The summed E-state index contributed by atoms with van der Waals surface area (Å²) < 4.78 is 0. The van der Waals surface area contributed by atoms with Crippen LogP contribution in [-0.4, -0.2) is 40.1 Å². The Bertz CT molecular complexity index is 678. The van der Waals surface area contributed by atoms with E-state index in [0.717, 1.165) is 18.5 Å². The van der Waals surface area contributed by atoms with Gasteiger partial charge in [-0.15, -0.1) is 0 Å². The molecule has 5 nitrogen and oxygen atoms in total. The Morgan fingerprint density at radius 3 is 2.68 bits per heavy atom. The number of nitrogens with one attached hydrogen (secondary N) is 1. The van der Waals surface area contributed by atoms with E-state index < -0.39 is 6.10 Å². The molecule has 1 aromatic heterocycles. The normalized spacial score (nSPS) is 22.9. The van der Waals surface area contributed by atoms with E-state index in [9.17, 15) is 9.90 Å². The number of aliphatic hydroxyl groups is 1. The first kappa shape index (κ1) is 17.6. The van der Waals surface area contributed by atoms with Crippen LogP contribution in [-0.2, 0) is 17.9 Å². The van der Waals surface area contributed by atoms with Gasteiger partial charge in [-0.1, -0.05) is 36.4 Å². The topological polar surface area (TPSA) is 65.5 Å². The smallest absolute Gasteiger partial charge is 0.226 e. The fourth-order valence-electron chi connectivity index (χ4n) is 3.54. The van der Waals surface area contributed by atoms with Gasteiger partial charge in [-0.25, -0.2) is 0 Å².